The molecule has 12 heteroatoms. The molecule has 4 aromatic rings. The lowest BCUT2D eigenvalue weighted by Crippen LogP contribution is -2.40. The van der Waals surface area contributed by atoms with E-state index in [1.165, 1.54) is 35.8 Å². The average molecular weight is 644 g/mol. The van der Waals surface area contributed by atoms with E-state index in [1.807, 2.05) is 31.2 Å². The van der Waals surface area contributed by atoms with E-state index >= 15 is 4.39 Å². The Labute approximate surface area is 261 Å². The van der Waals surface area contributed by atoms with E-state index in [9.17, 15) is 14.4 Å². The van der Waals surface area contributed by atoms with Crippen LogP contribution in [0, 0.1) is 5.82 Å². The number of likely N-dealkylation sites (tertiary alicyclic amines) is 1. The monoisotopic (exact) mass is 643 g/mol. The molecule has 0 bridgehead atoms. The molecule has 0 saturated carbocycles. The maximum Gasteiger partial charge on any atom is 0.305 e. The Hall–Kier alpha value is -3.38. The highest BCUT2D eigenvalue weighted by molar-refractivity contribution is 7.17. The van der Waals surface area contributed by atoms with Crippen molar-refractivity contribution in [2.45, 2.75) is 51.1 Å². The molecule has 1 aliphatic heterocycles. The van der Waals surface area contributed by atoms with Crippen molar-refractivity contribution < 1.29 is 28.2 Å². The number of hydrogen-bond donors (Lipinski definition) is 1. The number of thiophene rings is 1. The SMILES string of the molecule is CCOC[C@@H]1CC[C@@H](c2ncc(CCC(=O)OC)s2)N1C(=O)Cc1cc(Cl)c(NC(=O)c2csc3ccccc23)cc1F. The smallest absolute Gasteiger partial charge is 0.305 e. The Morgan fingerprint density at radius 3 is 2.81 bits per heavy atom. The molecular weight excluding hydrogens is 613 g/mol. The first kappa shape index (κ1) is 31.1. The van der Waals surface area contributed by atoms with Crippen LogP contribution in [0.25, 0.3) is 10.1 Å². The van der Waals surface area contributed by atoms with Gasteiger partial charge in [-0.2, -0.15) is 0 Å². The number of hydrogen-bond acceptors (Lipinski definition) is 8. The lowest BCUT2D eigenvalue weighted by molar-refractivity contribution is -0.140. The van der Waals surface area contributed by atoms with Crippen molar-refractivity contribution in [2.24, 2.45) is 0 Å². The number of rotatable bonds is 11. The standard InChI is InChI=1S/C31H31ClFN3O5S2/c1-3-41-16-19-8-10-26(31-34-15-20(43-31)9-11-29(38)40-2)36(19)28(37)13-18-12-23(32)25(14-24(18)33)35-30(39)22-17-42-27-7-5-4-6-21(22)27/h4-7,12,14-15,17,19,26H,3,8-11,13,16H2,1-2H3,(H,35,39)/t19-,26-/m0/s1. The molecule has 3 heterocycles. The fourth-order valence-electron chi connectivity index (χ4n) is 5.26. The predicted molar refractivity (Wildman–Crippen MR) is 166 cm³/mol. The fraction of sp³-hybridized carbons (Fsp3) is 0.355. The summed E-state index contributed by atoms with van der Waals surface area (Å²) in [5.74, 6) is -1.60. The van der Waals surface area contributed by atoms with Gasteiger partial charge in [0, 0.05) is 33.1 Å². The summed E-state index contributed by atoms with van der Waals surface area (Å²) in [7, 11) is 1.35. The number of fused-ring (bicyclic) bond motifs is 1. The zero-order chi connectivity index (χ0) is 30.5. The van der Waals surface area contributed by atoms with Gasteiger partial charge in [0.05, 0.1) is 54.9 Å². The number of benzene rings is 2. The van der Waals surface area contributed by atoms with Crippen molar-refractivity contribution in [3.05, 3.63) is 79.8 Å². The maximum absolute atomic E-state index is 15.4. The molecule has 2 amide bonds. The van der Waals surface area contributed by atoms with E-state index in [4.69, 9.17) is 21.1 Å². The molecular formula is C31H31ClFN3O5S2. The number of ether oxygens (including phenoxy) is 2. The van der Waals surface area contributed by atoms with Gasteiger partial charge in [0.1, 0.15) is 10.8 Å². The third kappa shape index (κ3) is 7.06. The predicted octanol–water partition coefficient (Wildman–Crippen LogP) is 6.82. The number of carbonyl (C=O) groups excluding carboxylic acids is 3. The molecule has 5 rings (SSSR count). The number of thiazole rings is 1. The van der Waals surface area contributed by atoms with Crippen LogP contribution in [0.15, 0.2) is 48.0 Å². The zero-order valence-electron chi connectivity index (χ0n) is 23.7. The summed E-state index contributed by atoms with van der Waals surface area (Å²) in [4.78, 5) is 45.5. The normalized spacial score (nSPS) is 16.5. The zero-order valence-corrected chi connectivity index (χ0v) is 26.1. The first-order chi connectivity index (χ1) is 20.8. The third-order valence-electron chi connectivity index (χ3n) is 7.42. The molecule has 43 heavy (non-hydrogen) atoms. The molecule has 1 aliphatic rings. The molecule has 226 valence electrons. The second-order valence-electron chi connectivity index (χ2n) is 10.1. The molecule has 0 spiro atoms. The third-order valence-corrected chi connectivity index (χ3v) is 9.85. The minimum absolute atomic E-state index is 0.131. The largest absolute Gasteiger partial charge is 0.469 e. The van der Waals surface area contributed by atoms with Crippen molar-refractivity contribution in [2.75, 3.05) is 25.6 Å². The number of nitrogens with one attached hydrogen (secondary N) is 1. The van der Waals surface area contributed by atoms with Gasteiger partial charge in [-0.25, -0.2) is 9.37 Å². The van der Waals surface area contributed by atoms with Crippen molar-refractivity contribution in [1.82, 2.24) is 9.88 Å². The van der Waals surface area contributed by atoms with Gasteiger partial charge in [-0.15, -0.1) is 22.7 Å². The first-order valence-corrected chi connectivity index (χ1v) is 16.0. The molecule has 0 radical (unpaired) electrons. The summed E-state index contributed by atoms with van der Waals surface area (Å²) in [6.07, 6.45) is 3.68. The second-order valence-corrected chi connectivity index (χ2v) is 12.6. The highest BCUT2D eigenvalue weighted by Gasteiger charge is 2.39. The number of halogens is 2. The summed E-state index contributed by atoms with van der Waals surface area (Å²) in [6.45, 7) is 2.77. The van der Waals surface area contributed by atoms with E-state index in [1.54, 1.807) is 16.5 Å². The number of esters is 1. The van der Waals surface area contributed by atoms with E-state index < -0.39 is 11.7 Å². The molecule has 1 fully saturated rings. The molecule has 1 N–H and O–H groups in total. The van der Waals surface area contributed by atoms with Crippen molar-refractivity contribution in [1.29, 1.82) is 0 Å². The van der Waals surface area contributed by atoms with Gasteiger partial charge < -0.3 is 19.7 Å². The van der Waals surface area contributed by atoms with Crippen molar-refractivity contribution >= 4 is 67.8 Å². The minimum Gasteiger partial charge on any atom is -0.469 e. The summed E-state index contributed by atoms with van der Waals surface area (Å²) in [6, 6.07) is 9.63. The Morgan fingerprint density at radius 2 is 2.02 bits per heavy atom. The van der Waals surface area contributed by atoms with Gasteiger partial charge in [0.15, 0.2) is 0 Å². The molecule has 2 aromatic heterocycles. The number of nitrogens with zero attached hydrogens (tertiary/aromatic N) is 2. The van der Waals surface area contributed by atoms with Gasteiger partial charge >= 0.3 is 5.97 Å². The summed E-state index contributed by atoms with van der Waals surface area (Å²) < 4.78 is 26.7. The Bertz CT molecular complexity index is 1640. The van der Waals surface area contributed by atoms with E-state index in [0.717, 1.165) is 32.5 Å². The number of methoxy groups -OCH3 is 1. The molecule has 0 unspecified atom stereocenters. The van der Waals surface area contributed by atoms with Crippen molar-refractivity contribution in [3.8, 4) is 0 Å². The van der Waals surface area contributed by atoms with Crippen LogP contribution in [0.2, 0.25) is 5.02 Å². The minimum atomic E-state index is -0.639. The van der Waals surface area contributed by atoms with E-state index in [-0.39, 0.29) is 53.1 Å². The molecule has 2 aromatic carbocycles. The van der Waals surface area contributed by atoms with Gasteiger partial charge in [0.2, 0.25) is 5.91 Å². The van der Waals surface area contributed by atoms with Gasteiger partial charge in [0.25, 0.3) is 5.91 Å². The quantitative estimate of drug-likeness (QED) is 0.180. The van der Waals surface area contributed by atoms with Crippen LogP contribution in [-0.2, 0) is 31.9 Å². The second kappa shape index (κ2) is 13.9. The number of aryl methyl sites for hydroxylation is 1. The number of anilines is 1. The van der Waals surface area contributed by atoms with Crippen LogP contribution < -0.4 is 5.32 Å². The first-order valence-electron chi connectivity index (χ1n) is 13.9. The molecule has 2 atom stereocenters. The lowest BCUT2D eigenvalue weighted by atomic mass is 10.1. The van der Waals surface area contributed by atoms with E-state index in [2.05, 4.69) is 10.3 Å². The van der Waals surface area contributed by atoms with Crippen LogP contribution in [-0.4, -0.2) is 54.0 Å². The Morgan fingerprint density at radius 1 is 1.21 bits per heavy atom. The highest BCUT2D eigenvalue weighted by Crippen LogP contribution is 2.39. The van der Waals surface area contributed by atoms with Crippen LogP contribution in [0.1, 0.15) is 58.0 Å². The maximum atomic E-state index is 15.4. The Balaban J connectivity index is 1.32. The number of carbonyl (C=O) groups is 3. The molecule has 8 nitrogen and oxygen atoms in total. The highest BCUT2D eigenvalue weighted by atomic mass is 35.5. The average Bonchev–Trinajstić information content (AvgIpc) is 3.75. The topological polar surface area (TPSA) is 97.8 Å². The van der Waals surface area contributed by atoms with Gasteiger partial charge in [-0.05, 0) is 49.9 Å². The lowest BCUT2D eigenvalue weighted by Gasteiger charge is -2.29. The molecule has 0 aliphatic carbocycles. The number of aromatic nitrogens is 1. The van der Waals surface area contributed by atoms with Crippen LogP contribution >= 0.6 is 34.3 Å². The fourth-order valence-corrected chi connectivity index (χ4v) is 7.48. The summed E-state index contributed by atoms with van der Waals surface area (Å²) in [5, 5.41) is 6.18. The molecule has 1 saturated heterocycles. The van der Waals surface area contributed by atoms with Gasteiger partial charge in [-0.3, -0.25) is 14.4 Å². The van der Waals surface area contributed by atoms with Crippen molar-refractivity contribution in [3.63, 3.8) is 0 Å². The van der Waals surface area contributed by atoms with Gasteiger partial charge in [-0.1, -0.05) is 29.8 Å². The van der Waals surface area contributed by atoms with Crippen LogP contribution in [0.3, 0.4) is 0 Å². The summed E-state index contributed by atoms with van der Waals surface area (Å²) in [5.41, 5.74) is 0.742. The Kier molecular flexibility index (Phi) is 10.1. The van der Waals surface area contributed by atoms with Crippen LogP contribution in [0.4, 0.5) is 10.1 Å². The van der Waals surface area contributed by atoms with Crippen LogP contribution in [0.5, 0.6) is 0 Å². The van der Waals surface area contributed by atoms with E-state index in [0.29, 0.717) is 31.6 Å². The summed E-state index contributed by atoms with van der Waals surface area (Å²) >= 11 is 9.40. The number of amides is 2.